The van der Waals surface area contributed by atoms with Gasteiger partial charge in [-0.2, -0.15) is 5.10 Å². The zero-order valence-corrected chi connectivity index (χ0v) is 15.7. The lowest BCUT2D eigenvalue weighted by Crippen LogP contribution is -2.28. The summed E-state index contributed by atoms with van der Waals surface area (Å²) >= 11 is 6.19. The summed E-state index contributed by atoms with van der Waals surface area (Å²) in [5.74, 6) is -0.693. The highest BCUT2D eigenvalue weighted by atomic mass is 35.5. The highest BCUT2D eigenvalue weighted by molar-refractivity contribution is 6.33. The normalized spacial score (nSPS) is 16.4. The van der Waals surface area contributed by atoms with Crippen LogP contribution in [0.3, 0.4) is 0 Å². The van der Waals surface area contributed by atoms with Gasteiger partial charge in [-0.3, -0.25) is 9.59 Å². The van der Waals surface area contributed by atoms with E-state index in [1.54, 1.807) is 28.0 Å². The molecular weight excluding hydrogens is 378 g/mol. The van der Waals surface area contributed by atoms with Gasteiger partial charge in [0.15, 0.2) is 0 Å². The molecule has 1 aromatic heterocycles. The molecule has 7 nitrogen and oxygen atoms in total. The number of hydrogen-bond acceptors (Lipinski definition) is 4. The molecule has 2 aromatic carbocycles. The van der Waals surface area contributed by atoms with E-state index in [0.717, 1.165) is 5.56 Å². The molecular formula is C20H18ClN5O2. The number of rotatable bonds is 5. The SMILES string of the molecule is O=C(Nc1ccc(Cn2cncn2)cc1)[C@@H]1CC(=O)N(c2ccccc2Cl)C1. The van der Waals surface area contributed by atoms with Gasteiger partial charge in [-0.25, -0.2) is 9.67 Å². The van der Waals surface area contributed by atoms with Crippen molar-refractivity contribution in [3.63, 3.8) is 0 Å². The third-order valence-corrected chi connectivity index (χ3v) is 4.99. The number of carbonyl (C=O) groups is 2. The fourth-order valence-corrected chi connectivity index (χ4v) is 3.46. The first kappa shape index (κ1) is 18.2. The van der Waals surface area contributed by atoms with E-state index in [1.807, 2.05) is 36.4 Å². The molecule has 0 spiro atoms. The maximum absolute atomic E-state index is 12.6. The van der Waals surface area contributed by atoms with Crippen molar-refractivity contribution in [1.82, 2.24) is 14.8 Å². The number of nitrogens with one attached hydrogen (secondary N) is 1. The van der Waals surface area contributed by atoms with E-state index in [9.17, 15) is 9.59 Å². The van der Waals surface area contributed by atoms with Gasteiger partial charge < -0.3 is 10.2 Å². The molecule has 1 aliphatic heterocycles. The fraction of sp³-hybridized carbons (Fsp3) is 0.200. The highest BCUT2D eigenvalue weighted by Crippen LogP contribution is 2.31. The molecule has 2 heterocycles. The zero-order valence-electron chi connectivity index (χ0n) is 15.0. The first-order chi connectivity index (χ1) is 13.6. The number of hydrogen-bond donors (Lipinski definition) is 1. The van der Waals surface area contributed by atoms with Crippen LogP contribution in [0.15, 0.2) is 61.2 Å². The van der Waals surface area contributed by atoms with E-state index < -0.39 is 5.92 Å². The molecule has 0 saturated carbocycles. The molecule has 0 aliphatic carbocycles. The quantitative estimate of drug-likeness (QED) is 0.720. The van der Waals surface area contributed by atoms with Crippen LogP contribution in [-0.4, -0.2) is 33.1 Å². The Kier molecular flexibility index (Phi) is 5.08. The predicted molar refractivity (Wildman–Crippen MR) is 106 cm³/mol. The van der Waals surface area contributed by atoms with Crippen molar-refractivity contribution in [2.45, 2.75) is 13.0 Å². The van der Waals surface area contributed by atoms with Crippen LogP contribution in [-0.2, 0) is 16.1 Å². The Morgan fingerprint density at radius 3 is 2.68 bits per heavy atom. The van der Waals surface area contributed by atoms with Crippen molar-refractivity contribution in [3.05, 3.63) is 71.8 Å². The van der Waals surface area contributed by atoms with Gasteiger partial charge in [-0.05, 0) is 29.8 Å². The van der Waals surface area contributed by atoms with Gasteiger partial charge in [-0.1, -0.05) is 35.9 Å². The highest BCUT2D eigenvalue weighted by Gasteiger charge is 2.35. The van der Waals surface area contributed by atoms with Gasteiger partial charge in [0.2, 0.25) is 11.8 Å². The summed E-state index contributed by atoms with van der Waals surface area (Å²) < 4.78 is 1.72. The number of para-hydroxylation sites is 1. The van der Waals surface area contributed by atoms with Crippen molar-refractivity contribution in [2.75, 3.05) is 16.8 Å². The number of amides is 2. The number of nitrogens with zero attached hydrogens (tertiary/aromatic N) is 4. The second-order valence-electron chi connectivity index (χ2n) is 6.64. The van der Waals surface area contributed by atoms with E-state index in [0.29, 0.717) is 29.5 Å². The van der Waals surface area contributed by atoms with Gasteiger partial charge in [0, 0.05) is 18.7 Å². The van der Waals surface area contributed by atoms with Gasteiger partial charge in [0.1, 0.15) is 12.7 Å². The van der Waals surface area contributed by atoms with Crippen molar-refractivity contribution >= 4 is 34.8 Å². The molecule has 1 atom stereocenters. The second-order valence-corrected chi connectivity index (χ2v) is 7.04. The van der Waals surface area contributed by atoms with Crippen LogP contribution in [0.25, 0.3) is 0 Å². The summed E-state index contributed by atoms with van der Waals surface area (Å²) in [4.78, 5) is 30.5. The van der Waals surface area contributed by atoms with E-state index in [1.165, 1.54) is 6.33 Å². The van der Waals surface area contributed by atoms with Crippen molar-refractivity contribution in [3.8, 4) is 0 Å². The Hall–Kier alpha value is -3.19. The van der Waals surface area contributed by atoms with Crippen molar-refractivity contribution in [1.29, 1.82) is 0 Å². The van der Waals surface area contributed by atoms with Gasteiger partial charge >= 0.3 is 0 Å². The number of aromatic nitrogens is 3. The monoisotopic (exact) mass is 395 g/mol. The van der Waals surface area contributed by atoms with E-state index in [2.05, 4.69) is 15.4 Å². The lowest BCUT2D eigenvalue weighted by molar-refractivity contribution is -0.122. The molecule has 1 fully saturated rings. The van der Waals surface area contributed by atoms with Crippen LogP contribution in [0.2, 0.25) is 5.02 Å². The first-order valence-corrected chi connectivity index (χ1v) is 9.25. The molecule has 1 aliphatic rings. The summed E-state index contributed by atoms with van der Waals surface area (Å²) in [7, 11) is 0. The third-order valence-electron chi connectivity index (χ3n) is 4.67. The third kappa shape index (κ3) is 3.89. The number of anilines is 2. The minimum absolute atomic E-state index is 0.101. The van der Waals surface area contributed by atoms with Crippen LogP contribution in [0.4, 0.5) is 11.4 Å². The van der Waals surface area contributed by atoms with Crippen LogP contribution in [0.5, 0.6) is 0 Å². The van der Waals surface area contributed by atoms with Crippen molar-refractivity contribution in [2.24, 2.45) is 5.92 Å². The smallest absolute Gasteiger partial charge is 0.229 e. The molecule has 4 rings (SSSR count). The molecule has 2 amide bonds. The second kappa shape index (κ2) is 7.82. The lowest BCUT2D eigenvalue weighted by Gasteiger charge is -2.18. The molecule has 1 saturated heterocycles. The Balaban J connectivity index is 1.39. The van der Waals surface area contributed by atoms with Crippen molar-refractivity contribution < 1.29 is 9.59 Å². The molecule has 28 heavy (non-hydrogen) atoms. The first-order valence-electron chi connectivity index (χ1n) is 8.87. The topological polar surface area (TPSA) is 80.1 Å². The Bertz CT molecular complexity index is 988. The number of halogens is 1. The summed E-state index contributed by atoms with van der Waals surface area (Å²) in [6, 6.07) is 14.7. The zero-order chi connectivity index (χ0) is 19.5. The maximum Gasteiger partial charge on any atom is 0.229 e. The van der Waals surface area contributed by atoms with Gasteiger partial charge in [0.05, 0.1) is 23.2 Å². The number of benzene rings is 2. The largest absolute Gasteiger partial charge is 0.326 e. The molecule has 8 heteroatoms. The molecule has 0 radical (unpaired) electrons. The predicted octanol–water partition coefficient (Wildman–Crippen LogP) is 2.97. The van der Waals surface area contributed by atoms with Gasteiger partial charge in [-0.15, -0.1) is 0 Å². The minimum atomic E-state index is -0.418. The molecule has 1 N–H and O–H groups in total. The Morgan fingerprint density at radius 2 is 1.96 bits per heavy atom. The fourth-order valence-electron chi connectivity index (χ4n) is 3.23. The summed E-state index contributed by atoms with van der Waals surface area (Å²) in [6.07, 6.45) is 3.31. The number of carbonyl (C=O) groups excluding carboxylic acids is 2. The minimum Gasteiger partial charge on any atom is -0.326 e. The summed E-state index contributed by atoms with van der Waals surface area (Å²) in [5.41, 5.74) is 2.38. The lowest BCUT2D eigenvalue weighted by atomic mass is 10.1. The standard InChI is InChI=1S/C20H18ClN5O2/c21-17-3-1-2-4-18(17)26-11-15(9-19(26)27)20(28)24-16-7-5-14(6-8-16)10-25-13-22-12-23-25/h1-8,12-13,15H,9-11H2,(H,24,28)/t15-/m1/s1. The summed E-state index contributed by atoms with van der Waals surface area (Å²) in [5, 5.41) is 7.46. The molecule has 142 valence electrons. The average Bonchev–Trinajstić information content (AvgIpc) is 3.33. The van der Waals surface area contributed by atoms with Crippen LogP contribution in [0, 0.1) is 5.92 Å². The van der Waals surface area contributed by atoms with E-state index >= 15 is 0 Å². The maximum atomic E-state index is 12.6. The van der Waals surface area contributed by atoms with Crippen LogP contribution >= 0.6 is 11.6 Å². The Morgan fingerprint density at radius 1 is 1.18 bits per heavy atom. The van der Waals surface area contributed by atoms with Crippen LogP contribution in [0.1, 0.15) is 12.0 Å². The average molecular weight is 396 g/mol. The molecule has 3 aromatic rings. The molecule has 0 bridgehead atoms. The van der Waals surface area contributed by atoms with Gasteiger partial charge in [0.25, 0.3) is 0 Å². The van der Waals surface area contributed by atoms with E-state index in [-0.39, 0.29) is 18.2 Å². The van der Waals surface area contributed by atoms with Crippen LogP contribution < -0.4 is 10.2 Å². The summed E-state index contributed by atoms with van der Waals surface area (Å²) in [6.45, 7) is 0.928. The van der Waals surface area contributed by atoms with E-state index in [4.69, 9.17) is 11.6 Å². The Labute approximate surface area is 166 Å². The molecule has 0 unspecified atom stereocenters.